The molecule has 7 heteroatoms. The maximum absolute atomic E-state index is 13.4. The van der Waals surface area contributed by atoms with Crippen LogP contribution >= 0.6 is 11.3 Å². The third-order valence-electron chi connectivity index (χ3n) is 3.65. The van der Waals surface area contributed by atoms with Crippen LogP contribution < -0.4 is 15.4 Å². The quantitative estimate of drug-likeness (QED) is 0.904. The first-order valence-electron chi connectivity index (χ1n) is 7.33. The molecule has 0 bridgehead atoms. The molecule has 122 valence electrons. The second-order valence-electron chi connectivity index (χ2n) is 6.11. The van der Waals surface area contributed by atoms with Gasteiger partial charge in [0.05, 0.1) is 23.8 Å². The molecular formula is C16H18FN3O2S. The van der Waals surface area contributed by atoms with E-state index in [-0.39, 0.29) is 17.9 Å². The Bertz CT molecular complexity index is 703. The Labute approximate surface area is 137 Å². The fourth-order valence-electron chi connectivity index (χ4n) is 2.66. The van der Waals surface area contributed by atoms with Crippen LogP contribution in [0.1, 0.15) is 37.6 Å². The molecule has 23 heavy (non-hydrogen) atoms. The molecule has 3 rings (SSSR count). The van der Waals surface area contributed by atoms with E-state index in [9.17, 15) is 9.18 Å². The molecule has 0 saturated heterocycles. The number of carbonyl (C=O) groups is 1. The zero-order valence-corrected chi connectivity index (χ0v) is 13.7. The van der Waals surface area contributed by atoms with Crippen molar-refractivity contribution in [2.24, 2.45) is 0 Å². The van der Waals surface area contributed by atoms with Gasteiger partial charge in [-0.3, -0.25) is 0 Å². The fraction of sp³-hybridized carbons (Fsp3) is 0.375. The molecule has 1 aromatic carbocycles. The lowest BCUT2D eigenvalue weighted by Crippen LogP contribution is -2.44. The van der Waals surface area contributed by atoms with Crippen LogP contribution in [0, 0.1) is 5.82 Å². The topological polar surface area (TPSA) is 63.2 Å². The monoisotopic (exact) mass is 335 g/mol. The highest BCUT2D eigenvalue weighted by atomic mass is 32.1. The van der Waals surface area contributed by atoms with E-state index in [0.29, 0.717) is 18.7 Å². The highest BCUT2D eigenvalue weighted by Gasteiger charge is 2.34. The number of amides is 2. The molecule has 0 unspecified atom stereocenters. The summed E-state index contributed by atoms with van der Waals surface area (Å²) < 4.78 is 19.2. The molecule has 0 fully saturated rings. The molecule has 0 aliphatic carbocycles. The first-order valence-corrected chi connectivity index (χ1v) is 8.27. The second kappa shape index (κ2) is 6.16. The number of fused-ring (bicyclic) bond motifs is 1. The minimum atomic E-state index is -0.479. The van der Waals surface area contributed by atoms with Gasteiger partial charge < -0.3 is 15.4 Å². The molecule has 0 saturated carbocycles. The molecule has 1 atom stereocenters. The second-order valence-corrected chi connectivity index (χ2v) is 6.83. The van der Waals surface area contributed by atoms with Crippen LogP contribution in [-0.2, 0) is 6.54 Å². The smallest absolute Gasteiger partial charge is 0.315 e. The average molecular weight is 335 g/mol. The molecule has 1 aromatic heterocycles. The van der Waals surface area contributed by atoms with E-state index in [4.69, 9.17) is 4.74 Å². The molecule has 1 aliphatic heterocycles. The first-order chi connectivity index (χ1) is 10.9. The average Bonchev–Trinajstić information content (AvgIpc) is 2.96. The minimum absolute atomic E-state index is 0.232. The van der Waals surface area contributed by atoms with Gasteiger partial charge >= 0.3 is 6.03 Å². The van der Waals surface area contributed by atoms with Crippen molar-refractivity contribution in [3.05, 3.63) is 46.2 Å². The molecule has 0 radical (unpaired) electrons. The third kappa shape index (κ3) is 3.79. The van der Waals surface area contributed by atoms with E-state index in [0.717, 1.165) is 11.3 Å². The van der Waals surface area contributed by atoms with Gasteiger partial charge in [0, 0.05) is 23.4 Å². The maximum Gasteiger partial charge on any atom is 0.315 e. The number of hydrogen-bond donors (Lipinski definition) is 2. The van der Waals surface area contributed by atoms with E-state index in [1.54, 1.807) is 11.6 Å². The Morgan fingerprint density at radius 2 is 2.35 bits per heavy atom. The number of carbonyl (C=O) groups excluding carboxylic acids is 1. The van der Waals surface area contributed by atoms with Crippen molar-refractivity contribution >= 4 is 17.4 Å². The van der Waals surface area contributed by atoms with Crippen LogP contribution in [-0.4, -0.2) is 16.6 Å². The van der Waals surface area contributed by atoms with Crippen LogP contribution in [0.3, 0.4) is 0 Å². The summed E-state index contributed by atoms with van der Waals surface area (Å²) in [6.45, 7) is 4.21. The highest BCUT2D eigenvalue weighted by Crippen LogP contribution is 2.39. The third-order valence-corrected chi connectivity index (χ3v) is 4.29. The molecule has 2 N–H and O–H groups in total. The van der Waals surface area contributed by atoms with Crippen molar-refractivity contribution in [3.63, 3.8) is 0 Å². The van der Waals surface area contributed by atoms with Crippen molar-refractivity contribution < 1.29 is 13.9 Å². The summed E-state index contributed by atoms with van der Waals surface area (Å²) in [7, 11) is 0. The summed E-state index contributed by atoms with van der Waals surface area (Å²) in [6.07, 6.45) is 0.607. The Hall–Kier alpha value is -2.15. The van der Waals surface area contributed by atoms with Crippen LogP contribution in [0.4, 0.5) is 9.18 Å². The minimum Gasteiger partial charge on any atom is -0.487 e. The Kier molecular flexibility index (Phi) is 4.21. The summed E-state index contributed by atoms with van der Waals surface area (Å²) in [5.41, 5.74) is 2.85. The number of nitrogens with one attached hydrogen (secondary N) is 2. The number of hydrogen-bond acceptors (Lipinski definition) is 4. The van der Waals surface area contributed by atoms with Gasteiger partial charge in [-0.2, -0.15) is 0 Å². The predicted molar refractivity (Wildman–Crippen MR) is 86.0 cm³/mol. The fourth-order valence-corrected chi connectivity index (χ4v) is 3.22. The van der Waals surface area contributed by atoms with Crippen LogP contribution in [0.25, 0.3) is 0 Å². The molecular weight excluding hydrogens is 317 g/mol. The Morgan fingerprint density at radius 3 is 3.09 bits per heavy atom. The number of rotatable bonds is 3. The van der Waals surface area contributed by atoms with Gasteiger partial charge in [0.15, 0.2) is 0 Å². The summed E-state index contributed by atoms with van der Waals surface area (Å²) in [5.74, 6) is 0.124. The number of halogens is 1. The number of nitrogens with zero attached hydrogens (tertiary/aromatic N) is 1. The van der Waals surface area contributed by atoms with Gasteiger partial charge in [-0.15, -0.1) is 11.3 Å². The largest absolute Gasteiger partial charge is 0.487 e. The van der Waals surface area contributed by atoms with Crippen LogP contribution in [0.5, 0.6) is 5.75 Å². The Morgan fingerprint density at radius 1 is 1.52 bits per heavy atom. The molecule has 2 aromatic rings. The number of urea groups is 1. The molecule has 0 spiro atoms. The Balaban J connectivity index is 1.70. The zero-order valence-electron chi connectivity index (χ0n) is 12.9. The van der Waals surface area contributed by atoms with Crippen molar-refractivity contribution in [3.8, 4) is 5.75 Å². The van der Waals surface area contributed by atoms with E-state index in [2.05, 4.69) is 15.6 Å². The number of ether oxygens (including phenoxy) is 1. The van der Waals surface area contributed by atoms with E-state index in [1.807, 2.05) is 19.2 Å². The molecule has 1 aliphatic rings. The lowest BCUT2D eigenvalue weighted by Gasteiger charge is -2.37. The summed E-state index contributed by atoms with van der Waals surface area (Å²) in [4.78, 5) is 16.3. The lowest BCUT2D eigenvalue weighted by atomic mass is 9.90. The van der Waals surface area contributed by atoms with Gasteiger partial charge in [-0.25, -0.2) is 14.2 Å². The highest BCUT2D eigenvalue weighted by molar-refractivity contribution is 7.07. The molecule has 2 amide bonds. The summed E-state index contributed by atoms with van der Waals surface area (Å²) in [5, 5.41) is 7.60. The normalized spacial score (nSPS) is 18.7. The summed E-state index contributed by atoms with van der Waals surface area (Å²) >= 11 is 1.48. The van der Waals surface area contributed by atoms with Gasteiger partial charge in [0.1, 0.15) is 17.2 Å². The van der Waals surface area contributed by atoms with Gasteiger partial charge in [0.2, 0.25) is 0 Å². The van der Waals surface area contributed by atoms with E-state index < -0.39 is 5.60 Å². The molecule has 2 heterocycles. The van der Waals surface area contributed by atoms with Gasteiger partial charge in [0.25, 0.3) is 0 Å². The lowest BCUT2D eigenvalue weighted by molar-refractivity contribution is 0.0674. The van der Waals surface area contributed by atoms with Crippen molar-refractivity contribution in [1.29, 1.82) is 0 Å². The standard InChI is InChI=1S/C16H18FN3O2S/c1-16(2)6-13(12-4-3-10(17)5-14(12)22-16)20-15(21)18-7-11-8-23-9-19-11/h3-5,8-9,13H,6-7H2,1-2H3,(H2,18,20,21)/t13-/m0/s1. The number of thiazole rings is 1. The van der Waals surface area contributed by atoms with Crippen molar-refractivity contribution in [2.45, 2.75) is 38.5 Å². The number of aromatic nitrogens is 1. The SMILES string of the molecule is CC1(C)C[C@H](NC(=O)NCc2cscn2)c2ccc(F)cc2O1. The van der Waals surface area contributed by atoms with E-state index in [1.165, 1.54) is 23.5 Å². The maximum atomic E-state index is 13.4. The predicted octanol–water partition coefficient (Wildman–Crippen LogP) is 3.38. The van der Waals surface area contributed by atoms with Crippen LogP contribution in [0.15, 0.2) is 29.1 Å². The van der Waals surface area contributed by atoms with Gasteiger partial charge in [-0.05, 0) is 19.9 Å². The van der Waals surface area contributed by atoms with Crippen molar-refractivity contribution in [1.82, 2.24) is 15.6 Å². The summed E-state index contributed by atoms with van der Waals surface area (Å²) in [6, 6.07) is 3.88. The van der Waals surface area contributed by atoms with Crippen LogP contribution in [0.2, 0.25) is 0 Å². The van der Waals surface area contributed by atoms with Crippen molar-refractivity contribution in [2.75, 3.05) is 0 Å². The van der Waals surface area contributed by atoms with E-state index >= 15 is 0 Å². The number of benzene rings is 1. The van der Waals surface area contributed by atoms with Gasteiger partial charge in [-0.1, -0.05) is 6.07 Å². The first kappa shape index (κ1) is 15.7. The molecule has 5 nitrogen and oxygen atoms in total. The zero-order chi connectivity index (χ0) is 16.4.